The fourth-order valence-electron chi connectivity index (χ4n) is 2.79. The predicted octanol–water partition coefficient (Wildman–Crippen LogP) is 3.76. The molecule has 2 atom stereocenters. The standard InChI is InChI=1S/C17H20N2OS/c1-11-6-7-15-13(9-11)10-16(21-15)17(20)19-12(2)14-5-3-4-8-18-14/h3-5,8,10-12H,6-7,9H2,1-2H3,(H,19,20)/t11-,12-/m1/s1. The van der Waals surface area contributed by atoms with E-state index < -0.39 is 0 Å². The number of aromatic nitrogens is 1. The number of nitrogens with zero attached hydrogens (tertiary/aromatic N) is 1. The minimum atomic E-state index is -0.0725. The van der Waals surface area contributed by atoms with Crippen molar-refractivity contribution >= 4 is 17.2 Å². The van der Waals surface area contributed by atoms with E-state index in [1.54, 1.807) is 17.5 Å². The number of pyridine rings is 1. The molecule has 4 heteroatoms. The van der Waals surface area contributed by atoms with Crippen LogP contribution in [0.4, 0.5) is 0 Å². The molecule has 0 aliphatic heterocycles. The topological polar surface area (TPSA) is 42.0 Å². The van der Waals surface area contributed by atoms with E-state index in [2.05, 4.69) is 23.3 Å². The Bertz CT molecular complexity index is 635. The Morgan fingerprint density at radius 1 is 1.48 bits per heavy atom. The second-order valence-corrected chi connectivity index (χ2v) is 6.99. The van der Waals surface area contributed by atoms with Crippen molar-refractivity contribution in [1.29, 1.82) is 0 Å². The van der Waals surface area contributed by atoms with Gasteiger partial charge in [-0.1, -0.05) is 13.0 Å². The molecular weight excluding hydrogens is 280 g/mol. The van der Waals surface area contributed by atoms with E-state index in [9.17, 15) is 4.79 Å². The number of carbonyl (C=O) groups excluding carboxylic acids is 1. The molecule has 3 rings (SSSR count). The molecule has 110 valence electrons. The molecule has 2 aromatic heterocycles. The third-order valence-electron chi connectivity index (χ3n) is 4.03. The number of thiophene rings is 1. The molecule has 21 heavy (non-hydrogen) atoms. The molecule has 0 unspecified atom stereocenters. The van der Waals surface area contributed by atoms with E-state index in [1.165, 1.54) is 16.9 Å². The monoisotopic (exact) mass is 300 g/mol. The first-order chi connectivity index (χ1) is 10.1. The Morgan fingerprint density at radius 2 is 2.33 bits per heavy atom. The molecule has 0 spiro atoms. The number of carbonyl (C=O) groups is 1. The maximum Gasteiger partial charge on any atom is 0.261 e. The lowest BCUT2D eigenvalue weighted by atomic mass is 9.90. The molecular formula is C17H20N2OS. The average molecular weight is 300 g/mol. The highest BCUT2D eigenvalue weighted by molar-refractivity contribution is 7.14. The van der Waals surface area contributed by atoms with Crippen molar-refractivity contribution in [2.45, 2.75) is 39.2 Å². The van der Waals surface area contributed by atoms with Gasteiger partial charge in [-0.3, -0.25) is 9.78 Å². The zero-order chi connectivity index (χ0) is 14.8. The maximum absolute atomic E-state index is 12.4. The minimum Gasteiger partial charge on any atom is -0.343 e. The summed E-state index contributed by atoms with van der Waals surface area (Å²) >= 11 is 1.65. The number of aryl methyl sites for hydroxylation is 1. The van der Waals surface area contributed by atoms with Gasteiger partial charge in [0.25, 0.3) is 5.91 Å². The summed E-state index contributed by atoms with van der Waals surface area (Å²) in [5.74, 6) is 0.746. The molecule has 0 bridgehead atoms. The van der Waals surface area contributed by atoms with Crippen molar-refractivity contribution in [2.75, 3.05) is 0 Å². The predicted molar refractivity (Wildman–Crippen MR) is 85.6 cm³/mol. The number of hydrogen-bond acceptors (Lipinski definition) is 3. The normalized spacial score (nSPS) is 18.9. The average Bonchev–Trinajstić information content (AvgIpc) is 2.91. The number of amides is 1. The van der Waals surface area contributed by atoms with Crippen LogP contribution < -0.4 is 5.32 Å². The minimum absolute atomic E-state index is 0.0141. The Kier molecular flexibility index (Phi) is 4.06. The summed E-state index contributed by atoms with van der Waals surface area (Å²) < 4.78 is 0. The number of hydrogen-bond donors (Lipinski definition) is 1. The summed E-state index contributed by atoms with van der Waals surface area (Å²) in [5, 5.41) is 3.04. The first-order valence-electron chi connectivity index (χ1n) is 7.47. The van der Waals surface area contributed by atoms with Crippen LogP contribution in [0.1, 0.15) is 52.1 Å². The Hall–Kier alpha value is -1.68. The molecule has 2 heterocycles. The lowest BCUT2D eigenvalue weighted by Gasteiger charge is -2.16. The van der Waals surface area contributed by atoms with Crippen LogP contribution in [0.25, 0.3) is 0 Å². The van der Waals surface area contributed by atoms with E-state index >= 15 is 0 Å². The van der Waals surface area contributed by atoms with Crippen LogP contribution in [0.2, 0.25) is 0 Å². The summed E-state index contributed by atoms with van der Waals surface area (Å²) in [6.45, 7) is 4.25. The third kappa shape index (κ3) is 3.16. The van der Waals surface area contributed by atoms with Gasteiger partial charge in [-0.15, -0.1) is 11.3 Å². The number of nitrogens with one attached hydrogen (secondary N) is 1. The van der Waals surface area contributed by atoms with E-state index in [4.69, 9.17) is 0 Å². The van der Waals surface area contributed by atoms with Crippen molar-refractivity contribution in [3.8, 4) is 0 Å². The fourth-order valence-corrected chi connectivity index (χ4v) is 3.90. The van der Waals surface area contributed by atoms with Gasteiger partial charge < -0.3 is 5.32 Å². The Labute approximate surface area is 129 Å². The van der Waals surface area contributed by atoms with Gasteiger partial charge in [0.15, 0.2) is 0 Å². The van der Waals surface area contributed by atoms with Crippen molar-refractivity contribution in [2.24, 2.45) is 5.92 Å². The van der Waals surface area contributed by atoms with Crippen molar-refractivity contribution in [1.82, 2.24) is 10.3 Å². The number of rotatable bonds is 3. The Balaban J connectivity index is 1.71. The first kappa shape index (κ1) is 14.3. The van der Waals surface area contributed by atoms with Gasteiger partial charge in [-0.25, -0.2) is 0 Å². The number of fused-ring (bicyclic) bond motifs is 1. The van der Waals surface area contributed by atoms with Crippen LogP contribution in [0.5, 0.6) is 0 Å². The van der Waals surface area contributed by atoms with E-state index in [-0.39, 0.29) is 11.9 Å². The molecule has 0 fully saturated rings. The van der Waals surface area contributed by atoms with Gasteiger partial charge >= 0.3 is 0 Å². The summed E-state index contributed by atoms with van der Waals surface area (Å²) in [7, 11) is 0. The summed E-state index contributed by atoms with van der Waals surface area (Å²) in [6, 6.07) is 7.77. The van der Waals surface area contributed by atoms with Gasteiger partial charge in [0.05, 0.1) is 16.6 Å². The van der Waals surface area contributed by atoms with Crippen molar-refractivity contribution in [3.63, 3.8) is 0 Å². The van der Waals surface area contributed by atoms with Gasteiger partial charge in [0.2, 0.25) is 0 Å². The molecule has 1 amide bonds. The smallest absolute Gasteiger partial charge is 0.261 e. The molecule has 3 nitrogen and oxygen atoms in total. The van der Waals surface area contributed by atoms with E-state index in [0.717, 1.165) is 29.3 Å². The zero-order valence-electron chi connectivity index (χ0n) is 12.4. The zero-order valence-corrected chi connectivity index (χ0v) is 13.2. The maximum atomic E-state index is 12.4. The van der Waals surface area contributed by atoms with Crippen molar-refractivity contribution in [3.05, 3.63) is 51.5 Å². The van der Waals surface area contributed by atoms with Crippen LogP contribution in [0, 0.1) is 5.92 Å². The van der Waals surface area contributed by atoms with E-state index in [1.807, 2.05) is 25.1 Å². The molecule has 0 saturated carbocycles. The molecule has 0 aromatic carbocycles. The fraction of sp³-hybridized carbons (Fsp3) is 0.412. The van der Waals surface area contributed by atoms with Crippen LogP contribution in [-0.2, 0) is 12.8 Å². The van der Waals surface area contributed by atoms with Crippen LogP contribution in [0.3, 0.4) is 0 Å². The molecule has 0 saturated heterocycles. The highest BCUT2D eigenvalue weighted by atomic mass is 32.1. The molecule has 2 aromatic rings. The molecule has 1 N–H and O–H groups in total. The third-order valence-corrected chi connectivity index (χ3v) is 5.27. The van der Waals surface area contributed by atoms with Gasteiger partial charge in [0.1, 0.15) is 0 Å². The second kappa shape index (κ2) is 5.98. The van der Waals surface area contributed by atoms with Gasteiger partial charge in [-0.05, 0) is 55.9 Å². The van der Waals surface area contributed by atoms with E-state index in [0.29, 0.717) is 0 Å². The molecule has 1 aliphatic rings. The van der Waals surface area contributed by atoms with Crippen LogP contribution in [0.15, 0.2) is 30.5 Å². The lowest BCUT2D eigenvalue weighted by Crippen LogP contribution is -2.26. The summed E-state index contributed by atoms with van der Waals surface area (Å²) in [6.07, 6.45) is 5.21. The first-order valence-corrected chi connectivity index (χ1v) is 8.28. The van der Waals surface area contributed by atoms with Crippen LogP contribution >= 0.6 is 11.3 Å². The highest BCUT2D eigenvalue weighted by Gasteiger charge is 2.21. The van der Waals surface area contributed by atoms with Crippen molar-refractivity contribution < 1.29 is 4.79 Å². The van der Waals surface area contributed by atoms with Gasteiger partial charge in [0, 0.05) is 11.1 Å². The molecule has 1 aliphatic carbocycles. The van der Waals surface area contributed by atoms with Gasteiger partial charge in [-0.2, -0.15) is 0 Å². The van der Waals surface area contributed by atoms with Crippen LogP contribution in [-0.4, -0.2) is 10.9 Å². The quantitative estimate of drug-likeness (QED) is 0.938. The highest BCUT2D eigenvalue weighted by Crippen LogP contribution is 2.32. The SMILES string of the molecule is C[C@@H]1CCc2sc(C(=O)N[C@H](C)c3ccccn3)cc2C1. The summed E-state index contributed by atoms with van der Waals surface area (Å²) in [4.78, 5) is 18.9. The largest absolute Gasteiger partial charge is 0.343 e. The Morgan fingerprint density at radius 3 is 3.10 bits per heavy atom. The second-order valence-electron chi connectivity index (χ2n) is 5.86. The summed E-state index contributed by atoms with van der Waals surface area (Å²) in [5.41, 5.74) is 2.26. The lowest BCUT2D eigenvalue weighted by molar-refractivity contribution is 0.0943. The molecule has 0 radical (unpaired) electrons.